The van der Waals surface area contributed by atoms with Crippen molar-refractivity contribution in [3.8, 4) is 0 Å². The fourth-order valence-electron chi connectivity index (χ4n) is 1.57. The smallest absolute Gasteiger partial charge is 0.306 e. The summed E-state index contributed by atoms with van der Waals surface area (Å²) in [4.78, 5) is 11.5. The largest absolute Gasteiger partial charge is 0.463 e. The summed E-state index contributed by atoms with van der Waals surface area (Å²) in [6.45, 7) is 7.84. The first-order chi connectivity index (χ1) is 7.49. The second-order valence-corrected chi connectivity index (χ2v) is 4.55. The molecule has 0 bridgehead atoms. The number of carbonyl (C=O) groups is 1. The molecule has 0 aromatic heterocycles. The van der Waals surface area contributed by atoms with Crippen LogP contribution in [0.2, 0.25) is 0 Å². The molecule has 0 aliphatic rings. The van der Waals surface area contributed by atoms with Gasteiger partial charge in [0, 0.05) is 0 Å². The molecule has 0 spiro atoms. The highest BCUT2D eigenvalue weighted by Gasteiger charge is 2.13. The van der Waals surface area contributed by atoms with Gasteiger partial charge < -0.3 is 4.74 Å². The van der Waals surface area contributed by atoms with Gasteiger partial charge in [-0.05, 0) is 32.3 Å². The molecule has 0 aliphatic carbocycles. The molecule has 0 amide bonds. The minimum absolute atomic E-state index is 0.0299. The van der Waals surface area contributed by atoms with Gasteiger partial charge in [0.2, 0.25) is 0 Å². The van der Waals surface area contributed by atoms with Crippen LogP contribution in [0.15, 0.2) is 24.3 Å². The molecule has 1 aromatic carbocycles. The van der Waals surface area contributed by atoms with Crippen LogP contribution in [0, 0.1) is 6.92 Å². The average Bonchev–Trinajstić information content (AvgIpc) is 2.16. The normalized spacial score (nSPS) is 12.6. The summed E-state index contributed by atoms with van der Waals surface area (Å²) in [5, 5.41) is 0. The third-order valence-corrected chi connectivity index (χ3v) is 2.49. The van der Waals surface area contributed by atoms with Gasteiger partial charge in [0.1, 0.15) is 0 Å². The number of esters is 1. The summed E-state index contributed by atoms with van der Waals surface area (Å²) in [7, 11) is 0. The van der Waals surface area contributed by atoms with E-state index in [0.29, 0.717) is 6.42 Å². The maximum atomic E-state index is 11.5. The van der Waals surface area contributed by atoms with E-state index < -0.39 is 0 Å². The van der Waals surface area contributed by atoms with Crippen LogP contribution in [0.3, 0.4) is 0 Å². The molecule has 0 radical (unpaired) electrons. The number of hydrogen-bond donors (Lipinski definition) is 0. The Labute approximate surface area is 97.6 Å². The molecule has 0 N–H and O–H groups in total. The second kappa shape index (κ2) is 5.69. The van der Waals surface area contributed by atoms with Crippen LogP contribution in [0.1, 0.15) is 44.2 Å². The topological polar surface area (TPSA) is 26.3 Å². The molecule has 0 heterocycles. The maximum Gasteiger partial charge on any atom is 0.306 e. The van der Waals surface area contributed by atoms with Crippen molar-refractivity contribution in [1.29, 1.82) is 0 Å². The molecule has 0 aliphatic heterocycles. The first-order valence-corrected chi connectivity index (χ1v) is 5.75. The van der Waals surface area contributed by atoms with E-state index in [1.165, 1.54) is 11.1 Å². The molecule has 16 heavy (non-hydrogen) atoms. The summed E-state index contributed by atoms with van der Waals surface area (Å²) in [6, 6.07) is 8.28. The van der Waals surface area contributed by atoms with Crippen molar-refractivity contribution in [2.24, 2.45) is 0 Å². The predicted octanol–water partition coefficient (Wildman–Crippen LogP) is 3.44. The van der Waals surface area contributed by atoms with E-state index in [4.69, 9.17) is 4.74 Å². The Morgan fingerprint density at radius 1 is 1.19 bits per heavy atom. The number of benzene rings is 1. The zero-order valence-corrected chi connectivity index (χ0v) is 10.5. The van der Waals surface area contributed by atoms with E-state index in [2.05, 4.69) is 31.2 Å². The van der Waals surface area contributed by atoms with Gasteiger partial charge >= 0.3 is 5.97 Å². The van der Waals surface area contributed by atoms with Gasteiger partial charge in [0.15, 0.2) is 0 Å². The van der Waals surface area contributed by atoms with Gasteiger partial charge in [-0.25, -0.2) is 0 Å². The summed E-state index contributed by atoms with van der Waals surface area (Å²) < 4.78 is 5.13. The van der Waals surface area contributed by atoms with Crippen molar-refractivity contribution in [1.82, 2.24) is 0 Å². The Balaban J connectivity index is 2.55. The van der Waals surface area contributed by atoms with Crippen LogP contribution in [0.25, 0.3) is 0 Å². The van der Waals surface area contributed by atoms with Gasteiger partial charge in [-0.2, -0.15) is 0 Å². The Morgan fingerprint density at radius 3 is 2.25 bits per heavy atom. The molecule has 0 saturated carbocycles. The number of ether oxygens (including phenoxy) is 1. The van der Waals surface area contributed by atoms with Gasteiger partial charge in [0.25, 0.3) is 0 Å². The summed E-state index contributed by atoms with van der Waals surface area (Å²) in [5.41, 5.74) is 2.42. The number of aryl methyl sites for hydroxylation is 1. The predicted molar refractivity (Wildman–Crippen MR) is 65.4 cm³/mol. The van der Waals surface area contributed by atoms with Crippen molar-refractivity contribution in [3.05, 3.63) is 35.4 Å². The van der Waals surface area contributed by atoms with Crippen LogP contribution >= 0.6 is 0 Å². The van der Waals surface area contributed by atoms with Crippen LogP contribution < -0.4 is 0 Å². The third-order valence-electron chi connectivity index (χ3n) is 2.49. The summed E-state index contributed by atoms with van der Waals surface area (Å²) >= 11 is 0. The molecule has 88 valence electrons. The summed E-state index contributed by atoms with van der Waals surface area (Å²) in [6.07, 6.45) is 0.416. The molecule has 0 fully saturated rings. The van der Waals surface area contributed by atoms with Crippen LogP contribution in [0.4, 0.5) is 0 Å². The van der Waals surface area contributed by atoms with Crippen LogP contribution in [0.5, 0.6) is 0 Å². The van der Waals surface area contributed by atoms with Crippen molar-refractivity contribution in [2.75, 3.05) is 0 Å². The number of carbonyl (C=O) groups excluding carboxylic acids is 1. The SMILES string of the molecule is Cc1ccc(C(C)CC(=O)OC(C)C)cc1. The molecular formula is C14H20O2. The van der Waals surface area contributed by atoms with Crippen molar-refractivity contribution < 1.29 is 9.53 Å². The highest BCUT2D eigenvalue weighted by molar-refractivity contribution is 5.70. The highest BCUT2D eigenvalue weighted by atomic mass is 16.5. The Morgan fingerprint density at radius 2 is 1.75 bits per heavy atom. The lowest BCUT2D eigenvalue weighted by Crippen LogP contribution is -2.13. The quantitative estimate of drug-likeness (QED) is 0.726. The first-order valence-electron chi connectivity index (χ1n) is 5.75. The Bertz CT molecular complexity index is 338. The minimum atomic E-state index is -0.122. The molecule has 1 rings (SSSR count). The van der Waals surface area contributed by atoms with Gasteiger partial charge in [-0.3, -0.25) is 4.79 Å². The lowest BCUT2D eigenvalue weighted by atomic mass is 9.97. The lowest BCUT2D eigenvalue weighted by Gasteiger charge is -2.13. The molecular weight excluding hydrogens is 200 g/mol. The van der Waals surface area contributed by atoms with E-state index in [-0.39, 0.29) is 18.0 Å². The Hall–Kier alpha value is -1.31. The zero-order valence-electron chi connectivity index (χ0n) is 10.5. The Kier molecular flexibility index (Phi) is 4.53. The fraction of sp³-hybridized carbons (Fsp3) is 0.500. The third kappa shape index (κ3) is 4.05. The van der Waals surface area contributed by atoms with Crippen molar-refractivity contribution in [3.63, 3.8) is 0 Å². The fourth-order valence-corrected chi connectivity index (χ4v) is 1.57. The molecule has 1 aromatic rings. The summed E-state index contributed by atoms with van der Waals surface area (Å²) in [5.74, 6) is 0.0925. The van der Waals surface area contributed by atoms with Gasteiger partial charge in [-0.1, -0.05) is 36.8 Å². The lowest BCUT2D eigenvalue weighted by molar-refractivity contribution is -0.147. The van der Waals surface area contributed by atoms with Crippen molar-refractivity contribution >= 4 is 5.97 Å². The molecule has 1 unspecified atom stereocenters. The monoisotopic (exact) mass is 220 g/mol. The van der Waals surface area contributed by atoms with Crippen LogP contribution in [-0.2, 0) is 9.53 Å². The van der Waals surface area contributed by atoms with Crippen molar-refractivity contribution in [2.45, 2.75) is 46.1 Å². The van der Waals surface area contributed by atoms with E-state index in [9.17, 15) is 4.79 Å². The molecule has 0 saturated heterocycles. The molecule has 2 nitrogen and oxygen atoms in total. The highest BCUT2D eigenvalue weighted by Crippen LogP contribution is 2.20. The van der Waals surface area contributed by atoms with E-state index >= 15 is 0 Å². The number of hydrogen-bond acceptors (Lipinski definition) is 2. The van der Waals surface area contributed by atoms with E-state index in [1.54, 1.807) is 0 Å². The zero-order chi connectivity index (χ0) is 12.1. The van der Waals surface area contributed by atoms with Gasteiger partial charge in [-0.15, -0.1) is 0 Å². The minimum Gasteiger partial charge on any atom is -0.463 e. The average molecular weight is 220 g/mol. The van der Waals surface area contributed by atoms with Crippen LogP contribution in [-0.4, -0.2) is 12.1 Å². The maximum absolute atomic E-state index is 11.5. The number of rotatable bonds is 4. The first kappa shape index (κ1) is 12.8. The molecule has 2 heteroatoms. The standard InChI is InChI=1S/C14H20O2/c1-10(2)16-14(15)9-12(4)13-7-5-11(3)6-8-13/h5-8,10,12H,9H2,1-4H3. The second-order valence-electron chi connectivity index (χ2n) is 4.55. The van der Waals surface area contributed by atoms with Gasteiger partial charge in [0.05, 0.1) is 12.5 Å². The van der Waals surface area contributed by atoms with E-state index in [0.717, 1.165) is 0 Å². The van der Waals surface area contributed by atoms with E-state index in [1.807, 2.05) is 20.8 Å². The molecule has 1 atom stereocenters.